The van der Waals surface area contributed by atoms with E-state index in [1.54, 1.807) is 0 Å². The molecule has 1 aliphatic carbocycles. The second kappa shape index (κ2) is 6.41. The Bertz CT molecular complexity index is 147. The average Bonchev–Trinajstić information content (AvgIpc) is 2.18. The van der Waals surface area contributed by atoms with Crippen molar-refractivity contribution >= 4 is 0 Å². The summed E-state index contributed by atoms with van der Waals surface area (Å²) in [4.78, 5) is 0. The van der Waals surface area contributed by atoms with E-state index in [1.807, 2.05) is 0 Å². The predicted molar refractivity (Wildman–Crippen MR) is 62.1 cm³/mol. The minimum atomic E-state index is 0.358. The molecule has 0 aromatic carbocycles. The number of rotatable bonds is 5. The van der Waals surface area contributed by atoms with Crippen molar-refractivity contribution in [1.29, 1.82) is 0 Å². The van der Waals surface area contributed by atoms with Gasteiger partial charge >= 0.3 is 0 Å². The van der Waals surface area contributed by atoms with Crippen molar-refractivity contribution in [1.82, 2.24) is 0 Å². The van der Waals surface area contributed by atoms with Crippen molar-refractivity contribution in [3.8, 4) is 0 Å². The molecular weight excluding hydrogens is 172 g/mol. The van der Waals surface area contributed by atoms with Gasteiger partial charge in [0, 0.05) is 12.1 Å². The molecule has 0 aromatic heterocycles. The lowest BCUT2D eigenvalue weighted by atomic mass is 9.79. The van der Waals surface area contributed by atoms with Crippen molar-refractivity contribution in [3.05, 3.63) is 0 Å². The van der Waals surface area contributed by atoms with E-state index in [2.05, 4.69) is 6.92 Å². The fraction of sp³-hybridized carbons (Fsp3) is 1.00. The topological polar surface area (TPSA) is 52.0 Å². The molecule has 0 spiro atoms. The Labute approximate surface area is 88.4 Å². The van der Waals surface area contributed by atoms with Gasteiger partial charge in [-0.3, -0.25) is 0 Å². The highest BCUT2D eigenvalue weighted by molar-refractivity contribution is 4.85. The summed E-state index contributed by atoms with van der Waals surface area (Å²) in [6, 6.07) is 0.734. The van der Waals surface area contributed by atoms with Crippen LogP contribution in [0.3, 0.4) is 0 Å². The Kier molecular flexibility index (Phi) is 5.49. The number of hydrogen-bond acceptors (Lipinski definition) is 2. The monoisotopic (exact) mass is 198 g/mol. The molecule has 0 heterocycles. The first-order valence-electron chi connectivity index (χ1n) is 6.27. The Morgan fingerprint density at radius 2 is 1.93 bits per heavy atom. The molecule has 14 heavy (non-hydrogen) atoms. The van der Waals surface area contributed by atoms with Crippen LogP contribution in [-0.4, -0.2) is 12.1 Å². The van der Waals surface area contributed by atoms with E-state index in [9.17, 15) is 0 Å². The molecule has 0 aliphatic heterocycles. The van der Waals surface area contributed by atoms with Gasteiger partial charge in [0.1, 0.15) is 0 Å². The Morgan fingerprint density at radius 3 is 2.57 bits per heavy atom. The summed E-state index contributed by atoms with van der Waals surface area (Å²) in [5.74, 6) is 0.598. The van der Waals surface area contributed by atoms with E-state index >= 15 is 0 Å². The van der Waals surface area contributed by atoms with Gasteiger partial charge in [-0.05, 0) is 25.2 Å². The second-order valence-corrected chi connectivity index (χ2v) is 4.77. The summed E-state index contributed by atoms with van der Waals surface area (Å²) in [6.45, 7) is 2.23. The fourth-order valence-corrected chi connectivity index (χ4v) is 2.56. The van der Waals surface area contributed by atoms with E-state index < -0.39 is 0 Å². The molecule has 1 aliphatic rings. The smallest absolute Gasteiger partial charge is 0.00819 e. The molecule has 0 saturated heterocycles. The maximum Gasteiger partial charge on any atom is 0.00819 e. The van der Waals surface area contributed by atoms with Crippen molar-refractivity contribution in [3.63, 3.8) is 0 Å². The van der Waals surface area contributed by atoms with Gasteiger partial charge in [-0.1, -0.05) is 39.0 Å². The van der Waals surface area contributed by atoms with E-state index in [0.717, 1.165) is 0 Å². The number of nitrogens with two attached hydrogens (primary N) is 2. The van der Waals surface area contributed by atoms with Crippen LogP contribution in [0.4, 0.5) is 0 Å². The zero-order chi connectivity index (χ0) is 10.4. The molecule has 1 fully saturated rings. The first-order chi connectivity index (χ1) is 6.75. The molecule has 2 heteroatoms. The van der Waals surface area contributed by atoms with Gasteiger partial charge in [-0.15, -0.1) is 0 Å². The highest BCUT2D eigenvalue weighted by Gasteiger charge is 2.26. The molecule has 0 amide bonds. The van der Waals surface area contributed by atoms with E-state index in [4.69, 9.17) is 11.5 Å². The zero-order valence-electron chi connectivity index (χ0n) is 9.54. The SMILES string of the molecule is CCCCCC(N)C1CCCCC1N. The Balaban J connectivity index is 2.23. The Morgan fingerprint density at radius 1 is 1.21 bits per heavy atom. The zero-order valence-corrected chi connectivity index (χ0v) is 9.54. The summed E-state index contributed by atoms with van der Waals surface area (Å²) < 4.78 is 0. The minimum absolute atomic E-state index is 0.358. The highest BCUT2D eigenvalue weighted by atomic mass is 14.7. The number of hydrogen-bond donors (Lipinski definition) is 2. The summed E-state index contributed by atoms with van der Waals surface area (Å²) in [5.41, 5.74) is 12.3. The van der Waals surface area contributed by atoms with Crippen LogP contribution in [0.15, 0.2) is 0 Å². The molecule has 4 N–H and O–H groups in total. The van der Waals surface area contributed by atoms with Crippen LogP contribution in [0.5, 0.6) is 0 Å². The molecule has 84 valence electrons. The quantitative estimate of drug-likeness (QED) is 0.667. The third-order valence-electron chi connectivity index (χ3n) is 3.57. The Hall–Kier alpha value is -0.0800. The average molecular weight is 198 g/mol. The summed E-state index contributed by atoms with van der Waals surface area (Å²) in [6.07, 6.45) is 10.1. The van der Waals surface area contributed by atoms with Crippen LogP contribution in [0.25, 0.3) is 0 Å². The van der Waals surface area contributed by atoms with Crippen LogP contribution < -0.4 is 11.5 Å². The lowest BCUT2D eigenvalue weighted by Gasteiger charge is -2.33. The van der Waals surface area contributed by atoms with Gasteiger partial charge in [0.2, 0.25) is 0 Å². The summed E-state index contributed by atoms with van der Waals surface area (Å²) >= 11 is 0. The van der Waals surface area contributed by atoms with Crippen LogP contribution in [0, 0.1) is 5.92 Å². The maximum atomic E-state index is 6.20. The van der Waals surface area contributed by atoms with Gasteiger partial charge in [-0.2, -0.15) is 0 Å². The lowest BCUT2D eigenvalue weighted by Crippen LogP contribution is -2.44. The van der Waals surface area contributed by atoms with Gasteiger partial charge in [-0.25, -0.2) is 0 Å². The molecule has 1 rings (SSSR count). The minimum Gasteiger partial charge on any atom is -0.327 e. The van der Waals surface area contributed by atoms with Gasteiger partial charge in [0.05, 0.1) is 0 Å². The second-order valence-electron chi connectivity index (χ2n) is 4.77. The van der Waals surface area contributed by atoms with Gasteiger partial charge in [0.15, 0.2) is 0 Å². The molecule has 0 bridgehead atoms. The molecule has 3 unspecified atom stereocenters. The van der Waals surface area contributed by atoms with E-state index in [1.165, 1.54) is 51.4 Å². The molecule has 0 aromatic rings. The van der Waals surface area contributed by atoms with E-state index in [0.29, 0.717) is 18.0 Å². The molecular formula is C12H26N2. The van der Waals surface area contributed by atoms with Crippen molar-refractivity contribution < 1.29 is 0 Å². The third kappa shape index (κ3) is 3.58. The van der Waals surface area contributed by atoms with Crippen molar-refractivity contribution in [2.75, 3.05) is 0 Å². The van der Waals surface area contributed by atoms with Crippen LogP contribution in [0.2, 0.25) is 0 Å². The normalized spacial score (nSPS) is 30.2. The first kappa shape index (κ1) is 12.0. The number of unbranched alkanes of at least 4 members (excludes halogenated alkanes) is 2. The third-order valence-corrected chi connectivity index (χ3v) is 3.57. The largest absolute Gasteiger partial charge is 0.327 e. The summed E-state index contributed by atoms with van der Waals surface area (Å²) in [7, 11) is 0. The van der Waals surface area contributed by atoms with Crippen LogP contribution >= 0.6 is 0 Å². The molecule has 0 radical (unpaired) electrons. The van der Waals surface area contributed by atoms with Crippen LogP contribution in [-0.2, 0) is 0 Å². The molecule has 2 nitrogen and oxygen atoms in total. The highest BCUT2D eigenvalue weighted by Crippen LogP contribution is 2.26. The fourth-order valence-electron chi connectivity index (χ4n) is 2.56. The predicted octanol–water partition coefficient (Wildman–Crippen LogP) is 2.41. The van der Waals surface area contributed by atoms with Gasteiger partial charge in [0.25, 0.3) is 0 Å². The van der Waals surface area contributed by atoms with Gasteiger partial charge < -0.3 is 11.5 Å². The lowest BCUT2D eigenvalue weighted by molar-refractivity contribution is 0.252. The van der Waals surface area contributed by atoms with Crippen molar-refractivity contribution in [2.45, 2.75) is 70.4 Å². The van der Waals surface area contributed by atoms with Crippen molar-refractivity contribution in [2.24, 2.45) is 17.4 Å². The van der Waals surface area contributed by atoms with Crippen LogP contribution in [0.1, 0.15) is 58.3 Å². The summed E-state index contributed by atoms with van der Waals surface area (Å²) in [5, 5.41) is 0. The molecule has 1 saturated carbocycles. The first-order valence-corrected chi connectivity index (χ1v) is 6.27. The standard InChI is InChI=1S/C12H26N2/c1-2-3-4-8-11(13)10-7-5-6-9-12(10)14/h10-12H,2-9,13-14H2,1H3. The maximum absolute atomic E-state index is 6.20. The van der Waals surface area contributed by atoms with E-state index in [-0.39, 0.29) is 0 Å². The molecule has 3 atom stereocenters.